The predicted molar refractivity (Wildman–Crippen MR) is 340 cm³/mol. The van der Waals surface area contributed by atoms with Gasteiger partial charge in [0, 0.05) is 25.7 Å². The lowest BCUT2D eigenvalue weighted by Gasteiger charge is -2.21. The van der Waals surface area contributed by atoms with E-state index in [1.807, 2.05) is 0 Å². The molecule has 0 rings (SSSR count). The van der Waals surface area contributed by atoms with E-state index in [0.717, 1.165) is 115 Å². The van der Waals surface area contributed by atoms with Crippen molar-refractivity contribution in [3.63, 3.8) is 0 Å². The normalized spacial score (nSPS) is 14.2. The van der Waals surface area contributed by atoms with Gasteiger partial charge in [-0.05, 0) is 37.5 Å². The minimum absolute atomic E-state index is 0.106. The molecule has 0 heterocycles. The smallest absolute Gasteiger partial charge is 0.462 e. The standard InChI is InChI=1S/C66H128O17P2/c1-7-9-11-13-15-16-25-32-38-44-50-65(70)82-61(54-76-63(68)48-42-36-28-14-12-10-8-2)56-80-84(72,73)78-52-60(67)53-79-85(74,75)81-57-62(55-77-64(69)49-43-37-31-26-22-21-24-30-35-41-47-59(5)6)83-66(71)51-45-39-33-27-20-18-17-19-23-29-34-40-46-58(3)4/h58-62,67H,7-57H2,1-6H3,(H,72,73)(H,74,75)/t60-,61+,62+/m0/s1. The van der Waals surface area contributed by atoms with Crippen LogP contribution >= 0.6 is 15.6 Å². The van der Waals surface area contributed by atoms with Gasteiger partial charge >= 0.3 is 39.5 Å². The second-order valence-corrected chi connectivity index (χ2v) is 27.7. The molecular weight excluding hydrogens is 1130 g/mol. The maximum Gasteiger partial charge on any atom is 0.472 e. The number of hydrogen-bond donors (Lipinski definition) is 3. The van der Waals surface area contributed by atoms with E-state index in [0.29, 0.717) is 25.7 Å². The first-order valence-corrected chi connectivity index (χ1v) is 37.5. The number of aliphatic hydroxyl groups is 1. The lowest BCUT2D eigenvalue weighted by molar-refractivity contribution is -0.161. The van der Waals surface area contributed by atoms with E-state index in [4.69, 9.17) is 37.0 Å². The van der Waals surface area contributed by atoms with E-state index in [9.17, 15) is 43.2 Å². The summed E-state index contributed by atoms with van der Waals surface area (Å²) in [5.41, 5.74) is 0. The number of carbonyl (C=O) groups is 4. The molecule has 17 nitrogen and oxygen atoms in total. The molecular formula is C66H128O17P2. The molecule has 0 aliphatic rings. The molecule has 0 aromatic carbocycles. The SMILES string of the molecule is CCCCCCCCCCCCC(=O)O[C@H](COC(=O)CCCCCCCCC)COP(=O)(O)OC[C@H](O)COP(=O)(O)OC[C@@H](COC(=O)CCCCCCCCCCCCC(C)C)OC(=O)CCCCCCCCCCCCCCC(C)C. The van der Waals surface area contributed by atoms with Crippen LogP contribution in [-0.4, -0.2) is 96.7 Å². The summed E-state index contributed by atoms with van der Waals surface area (Å²) in [5, 5.41) is 10.5. The summed E-state index contributed by atoms with van der Waals surface area (Å²) in [7, 11) is -9.89. The van der Waals surface area contributed by atoms with Crippen molar-refractivity contribution in [1.82, 2.24) is 0 Å². The van der Waals surface area contributed by atoms with Gasteiger partial charge in [-0.3, -0.25) is 37.3 Å². The van der Waals surface area contributed by atoms with Gasteiger partial charge in [0.1, 0.15) is 19.3 Å². The number of esters is 4. The largest absolute Gasteiger partial charge is 0.472 e. The maximum atomic E-state index is 13.0. The highest BCUT2D eigenvalue weighted by atomic mass is 31.2. The summed E-state index contributed by atoms with van der Waals surface area (Å²) in [5.74, 6) is -0.599. The Kier molecular flexibility index (Phi) is 57.1. The molecule has 0 bridgehead atoms. The van der Waals surface area contributed by atoms with Crippen LogP contribution in [0.4, 0.5) is 0 Å². The number of phosphoric acid groups is 2. The molecule has 0 aliphatic heterocycles. The van der Waals surface area contributed by atoms with Crippen LogP contribution in [0.1, 0.15) is 330 Å². The lowest BCUT2D eigenvalue weighted by atomic mass is 10.0. The Morgan fingerprint density at radius 3 is 0.800 bits per heavy atom. The van der Waals surface area contributed by atoms with Gasteiger partial charge in [0.25, 0.3) is 0 Å². The number of ether oxygens (including phenoxy) is 4. The van der Waals surface area contributed by atoms with Gasteiger partial charge < -0.3 is 33.8 Å². The molecule has 0 radical (unpaired) electrons. The monoisotopic (exact) mass is 1250 g/mol. The Bertz CT molecular complexity index is 1670. The van der Waals surface area contributed by atoms with Crippen molar-refractivity contribution in [3.05, 3.63) is 0 Å². The fourth-order valence-electron chi connectivity index (χ4n) is 9.88. The van der Waals surface area contributed by atoms with Gasteiger partial charge in [-0.25, -0.2) is 9.13 Å². The molecule has 0 amide bonds. The summed E-state index contributed by atoms with van der Waals surface area (Å²) in [4.78, 5) is 72.2. The molecule has 3 N–H and O–H groups in total. The van der Waals surface area contributed by atoms with E-state index >= 15 is 0 Å². The van der Waals surface area contributed by atoms with Crippen molar-refractivity contribution < 1.29 is 80.2 Å². The molecule has 0 saturated heterocycles. The zero-order valence-electron chi connectivity index (χ0n) is 54.9. The first-order chi connectivity index (χ1) is 40.9. The molecule has 0 aliphatic carbocycles. The molecule has 2 unspecified atom stereocenters. The summed E-state index contributed by atoms with van der Waals surface area (Å²) < 4.78 is 68.0. The molecule has 504 valence electrons. The maximum absolute atomic E-state index is 13.0. The second kappa shape index (κ2) is 58.4. The first kappa shape index (κ1) is 83.1. The van der Waals surface area contributed by atoms with Gasteiger partial charge in [0.2, 0.25) is 0 Å². The van der Waals surface area contributed by atoms with E-state index < -0.39 is 97.5 Å². The Labute approximate surface area is 517 Å². The number of aliphatic hydroxyl groups excluding tert-OH is 1. The lowest BCUT2D eigenvalue weighted by Crippen LogP contribution is -2.30. The van der Waals surface area contributed by atoms with Gasteiger partial charge in [-0.2, -0.15) is 0 Å². The third kappa shape index (κ3) is 60.7. The highest BCUT2D eigenvalue weighted by Crippen LogP contribution is 2.45. The summed E-state index contributed by atoms with van der Waals surface area (Å²) in [6, 6.07) is 0. The van der Waals surface area contributed by atoms with E-state index in [1.54, 1.807) is 0 Å². The average molecular weight is 1260 g/mol. The first-order valence-electron chi connectivity index (χ1n) is 34.5. The van der Waals surface area contributed by atoms with Crippen LogP contribution in [0.15, 0.2) is 0 Å². The summed E-state index contributed by atoms with van der Waals surface area (Å²) in [6.45, 7) is 9.47. The zero-order chi connectivity index (χ0) is 62.9. The van der Waals surface area contributed by atoms with Crippen LogP contribution < -0.4 is 0 Å². The van der Waals surface area contributed by atoms with Crippen LogP contribution in [-0.2, 0) is 65.4 Å². The molecule has 0 saturated carbocycles. The third-order valence-electron chi connectivity index (χ3n) is 15.2. The second-order valence-electron chi connectivity index (χ2n) is 24.8. The number of carbonyl (C=O) groups excluding carboxylic acids is 4. The van der Waals surface area contributed by atoms with Crippen LogP contribution in [0, 0.1) is 11.8 Å². The Hall–Kier alpha value is -1.94. The molecule has 85 heavy (non-hydrogen) atoms. The van der Waals surface area contributed by atoms with Crippen molar-refractivity contribution in [2.75, 3.05) is 39.6 Å². The Morgan fingerprint density at radius 1 is 0.318 bits per heavy atom. The van der Waals surface area contributed by atoms with Crippen molar-refractivity contribution in [1.29, 1.82) is 0 Å². The minimum atomic E-state index is -4.95. The van der Waals surface area contributed by atoms with E-state index in [1.165, 1.54) is 135 Å². The summed E-state index contributed by atoms with van der Waals surface area (Å²) in [6.07, 6.45) is 41.7. The number of unbranched alkanes of at least 4 members (excludes halogenated alkanes) is 35. The van der Waals surface area contributed by atoms with Crippen molar-refractivity contribution in [2.45, 2.75) is 349 Å². The van der Waals surface area contributed by atoms with Crippen LogP contribution in [0.5, 0.6) is 0 Å². The highest BCUT2D eigenvalue weighted by molar-refractivity contribution is 7.47. The van der Waals surface area contributed by atoms with Gasteiger partial charge in [0.05, 0.1) is 26.4 Å². The zero-order valence-corrected chi connectivity index (χ0v) is 56.7. The Morgan fingerprint density at radius 2 is 0.541 bits per heavy atom. The number of hydrogen-bond acceptors (Lipinski definition) is 15. The van der Waals surface area contributed by atoms with Gasteiger partial charge in [-0.15, -0.1) is 0 Å². The summed E-state index contributed by atoms with van der Waals surface area (Å²) >= 11 is 0. The van der Waals surface area contributed by atoms with Gasteiger partial charge in [-0.1, -0.05) is 279 Å². The van der Waals surface area contributed by atoms with Crippen LogP contribution in [0.25, 0.3) is 0 Å². The third-order valence-corrected chi connectivity index (χ3v) is 17.1. The van der Waals surface area contributed by atoms with Crippen LogP contribution in [0.3, 0.4) is 0 Å². The van der Waals surface area contributed by atoms with Gasteiger partial charge in [0.15, 0.2) is 12.2 Å². The topological polar surface area (TPSA) is 237 Å². The minimum Gasteiger partial charge on any atom is -0.462 e. The van der Waals surface area contributed by atoms with E-state index in [-0.39, 0.29) is 25.7 Å². The average Bonchev–Trinajstić information content (AvgIpc) is 3.47. The fourth-order valence-corrected chi connectivity index (χ4v) is 11.5. The Balaban J connectivity index is 5.21. The predicted octanol–water partition coefficient (Wildman–Crippen LogP) is 18.4. The fraction of sp³-hybridized carbons (Fsp3) is 0.939. The van der Waals surface area contributed by atoms with Crippen molar-refractivity contribution >= 4 is 39.5 Å². The highest BCUT2D eigenvalue weighted by Gasteiger charge is 2.30. The van der Waals surface area contributed by atoms with Crippen molar-refractivity contribution in [2.24, 2.45) is 11.8 Å². The number of phosphoric ester groups is 2. The number of rotatable bonds is 65. The van der Waals surface area contributed by atoms with Crippen LogP contribution in [0.2, 0.25) is 0 Å². The van der Waals surface area contributed by atoms with E-state index in [2.05, 4.69) is 41.5 Å². The molecule has 0 aromatic heterocycles. The quantitative estimate of drug-likeness (QED) is 0.0222. The molecule has 0 spiro atoms. The van der Waals surface area contributed by atoms with Crippen molar-refractivity contribution in [3.8, 4) is 0 Å². The molecule has 0 fully saturated rings. The molecule has 0 aromatic rings. The molecule has 19 heteroatoms. The molecule has 5 atom stereocenters.